The van der Waals surface area contributed by atoms with Gasteiger partial charge in [0.1, 0.15) is 18.3 Å². The molecule has 8 nitrogen and oxygen atoms in total. The van der Waals surface area contributed by atoms with Crippen LogP contribution in [-0.2, 0) is 26.2 Å². The molecule has 3 aromatic carbocycles. The highest BCUT2D eigenvalue weighted by atomic mass is 32.2. The van der Waals surface area contributed by atoms with Gasteiger partial charge < -0.3 is 15.0 Å². The molecule has 3 aromatic rings. The van der Waals surface area contributed by atoms with Gasteiger partial charge in [-0.3, -0.25) is 13.9 Å². The third-order valence-electron chi connectivity index (χ3n) is 6.51. The minimum atomic E-state index is -4.09. The van der Waals surface area contributed by atoms with Gasteiger partial charge in [0.2, 0.25) is 11.8 Å². The topological polar surface area (TPSA) is 96.0 Å². The summed E-state index contributed by atoms with van der Waals surface area (Å²) in [6.45, 7) is 5.27. The number of amides is 2. The first-order valence-corrected chi connectivity index (χ1v) is 13.8. The van der Waals surface area contributed by atoms with E-state index in [-0.39, 0.29) is 17.3 Å². The van der Waals surface area contributed by atoms with Gasteiger partial charge in [0.15, 0.2) is 0 Å². The monoisotopic (exact) mass is 537 g/mol. The molecule has 0 saturated carbocycles. The van der Waals surface area contributed by atoms with Crippen LogP contribution in [0.4, 0.5) is 5.69 Å². The van der Waals surface area contributed by atoms with Crippen LogP contribution in [0.25, 0.3) is 0 Å². The van der Waals surface area contributed by atoms with Crippen molar-refractivity contribution in [2.45, 2.75) is 44.7 Å². The van der Waals surface area contributed by atoms with Crippen LogP contribution < -0.4 is 14.4 Å². The Hall–Kier alpha value is -3.85. The number of methoxy groups -OCH3 is 1. The maximum absolute atomic E-state index is 13.9. The Morgan fingerprint density at radius 2 is 1.66 bits per heavy atom. The van der Waals surface area contributed by atoms with Gasteiger partial charge in [-0.25, -0.2) is 8.42 Å². The summed E-state index contributed by atoms with van der Waals surface area (Å²) in [5.41, 5.74) is 3.03. The maximum atomic E-state index is 13.9. The zero-order valence-corrected chi connectivity index (χ0v) is 23.3. The van der Waals surface area contributed by atoms with Crippen molar-refractivity contribution in [1.82, 2.24) is 10.2 Å². The van der Waals surface area contributed by atoms with E-state index in [0.717, 1.165) is 21.0 Å². The van der Waals surface area contributed by atoms with E-state index < -0.39 is 28.5 Å². The van der Waals surface area contributed by atoms with Crippen LogP contribution in [0.3, 0.4) is 0 Å². The predicted molar refractivity (Wildman–Crippen MR) is 149 cm³/mol. The van der Waals surface area contributed by atoms with Crippen molar-refractivity contribution in [3.8, 4) is 5.75 Å². The Labute approximate surface area is 225 Å². The Morgan fingerprint density at radius 3 is 2.26 bits per heavy atom. The number of ether oxygens (including phenoxy) is 1. The Bertz CT molecular complexity index is 1380. The molecule has 0 aliphatic carbocycles. The van der Waals surface area contributed by atoms with Crippen LogP contribution in [0, 0.1) is 13.8 Å². The van der Waals surface area contributed by atoms with E-state index in [1.165, 1.54) is 24.1 Å². The second-order valence-corrected chi connectivity index (χ2v) is 10.9. The first-order valence-electron chi connectivity index (χ1n) is 12.4. The number of aryl methyl sites for hydroxylation is 2. The molecule has 1 N–H and O–H groups in total. The molecule has 202 valence electrons. The Kier molecular flexibility index (Phi) is 9.52. The maximum Gasteiger partial charge on any atom is 0.264 e. The van der Waals surface area contributed by atoms with Gasteiger partial charge in [-0.2, -0.15) is 0 Å². The van der Waals surface area contributed by atoms with E-state index >= 15 is 0 Å². The van der Waals surface area contributed by atoms with Crippen LogP contribution in [-0.4, -0.2) is 51.9 Å². The second kappa shape index (κ2) is 12.6. The van der Waals surface area contributed by atoms with Crippen molar-refractivity contribution < 1.29 is 22.7 Å². The SMILES string of the molecule is CCC(C(=O)NC)N(Cc1cccc(OC)c1)C(=O)CN(c1ccc(C)c(C)c1)S(=O)(=O)c1ccccc1. The zero-order chi connectivity index (χ0) is 27.9. The van der Waals surface area contributed by atoms with Crippen molar-refractivity contribution in [2.24, 2.45) is 0 Å². The molecule has 9 heteroatoms. The molecule has 0 aliphatic heterocycles. The molecule has 0 spiro atoms. The van der Waals surface area contributed by atoms with Crippen LogP contribution in [0.15, 0.2) is 77.7 Å². The number of anilines is 1. The summed E-state index contributed by atoms with van der Waals surface area (Å²) < 4.78 is 34.1. The lowest BCUT2D eigenvalue weighted by molar-refractivity contribution is -0.140. The largest absolute Gasteiger partial charge is 0.497 e. The van der Waals surface area contributed by atoms with Gasteiger partial charge in [0, 0.05) is 13.6 Å². The number of nitrogens with one attached hydrogen (secondary N) is 1. The number of benzene rings is 3. The van der Waals surface area contributed by atoms with Gasteiger partial charge in [-0.15, -0.1) is 0 Å². The lowest BCUT2D eigenvalue weighted by Gasteiger charge is -2.33. The van der Waals surface area contributed by atoms with Gasteiger partial charge >= 0.3 is 0 Å². The molecule has 3 rings (SSSR count). The summed E-state index contributed by atoms with van der Waals surface area (Å²) in [5, 5.41) is 2.63. The van der Waals surface area contributed by atoms with Gasteiger partial charge in [-0.1, -0.05) is 43.3 Å². The van der Waals surface area contributed by atoms with Crippen molar-refractivity contribution in [1.29, 1.82) is 0 Å². The van der Waals surface area contributed by atoms with E-state index in [9.17, 15) is 18.0 Å². The molecule has 0 fully saturated rings. The fourth-order valence-corrected chi connectivity index (χ4v) is 5.61. The summed E-state index contributed by atoms with van der Waals surface area (Å²) in [6.07, 6.45) is 0.352. The molecular weight excluding hydrogens is 502 g/mol. The third kappa shape index (κ3) is 6.52. The zero-order valence-electron chi connectivity index (χ0n) is 22.5. The molecule has 0 aromatic heterocycles. The number of likely N-dealkylation sites (N-methyl/N-ethyl adjacent to an activating group) is 1. The average Bonchev–Trinajstić information content (AvgIpc) is 2.93. The number of rotatable bonds is 11. The normalized spacial score (nSPS) is 11.9. The van der Waals surface area contributed by atoms with E-state index in [0.29, 0.717) is 17.9 Å². The summed E-state index contributed by atoms with van der Waals surface area (Å²) in [6, 6.07) is 19.7. The molecule has 0 bridgehead atoms. The van der Waals surface area contributed by atoms with E-state index in [2.05, 4.69) is 5.32 Å². The number of carbonyl (C=O) groups excluding carboxylic acids is 2. The van der Waals surface area contributed by atoms with Crippen LogP contribution in [0.2, 0.25) is 0 Å². The highest BCUT2D eigenvalue weighted by molar-refractivity contribution is 7.92. The molecular formula is C29H35N3O5S. The molecule has 38 heavy (non-hydrogen) atoms. The molecule has 0 aliphatic rings. The minimum absolute atomic E-state index is 0.0729. The summed E-state index contributed by atoms with van der Waals surface area (Å²) in [5.74, 6) is -0.209. The Balaban J connectivity index is 2.07. The smallest absolute Gasteiger partial charge is 0.264 e. The van der Waals surface area contributed by atoms with Crippen molar-refractivity contribution >= 4 is 27.5 Å². The quantitative estimate of drug-likeness (QED) is 0.398. The summed E-state index contributed by atoms with van der Waals surface area (Å²) in [7, 11) is -1.02. The van der Waals surface area contributed by atoms with E-state index in [1.54, 1.807) is 55.6 Å². The van der Waals surface area contributed by atoms with E-state index in [1.807, 2.05) is 32.9 Å². The fourth-order valence-electron chi connectivity index (χ4n) is 4.18. The number of hydrogen-bond acceptors (Lipinski definition) is 5. The van der Waals surface area contributed by atoms with Crippen molar-refractivity contribution in [3.63, 3.8) is 0 Å². The standard InChI is InChI=1S/C29H35N3O5S/c1-6-27(29(34)30-4)31(19-23-11-10-12-25(18-23)37-5)28(33)20-32(24-16-15-21(2)22(3)17-24)38(35,36)26-13-8-7-9-14-26/h7-18,27H,6,19-20H2,1-5H3,(H,30,34). The van der Waals surface area contributed by atoms with Crippen LogP contribution in [0.1, 0.15) is 30.0 Å². The average molecular weight is 538 g/mol. The Morgan fingerprint density at radius 1 is 0.947 bits per heavy atom. The second-order valence-electron chi connectivity index (χ2n) is 9.00. The summed E-state index contributed by atoms with van der Waals surface area (Å²) in [4.78, 5) is 28.2. The van der Waals surface area contributed by atoms with Crippen LogP contribution in [0.5, 0.6) is 5.75 Å². The number of sulfonamides is 1. The first-order chi connectivity index (χ1) is 18.1. The van der Waals surface area contributed by atoms with Crippen molar-refractivity contribution in [2.75, 3.05) is 25.0 Å². The highest BCUT2D eigenvalue weighted by Gasteiger charge is 2.33. The van der Waals surface area contributed by atoms with Gasteiger partial charge in [-0.05, 0) is 73.4 Å². The number of nitrogens with zero attached hydrogens (tertiary/aromatic N) is 2. The lowest BCUT2D eigenvalue weighted by Crippen LogP contribution is -2.51. The van der Waals surface area contributed by atoms with Gasteiger partial charge in [0.05, 0.1) is 17.7 Å². The molecule has 0 radical (unpaired) electrons. The predicted octanol–water partition coefficient (Wildman–Crippen LogP) is 4.06. The molecule has 2 amide bonds. The molecule has 1 unspecified atom stereocenters. The number of hydrogen-bond donors (Lipinski definition) is 1. The highest BCUT2D eigenvalue weighted by Crippen LogP contribution is 2.27. The van der Waals surface area contributed by atoms with Gasteiger partial charge in [0.25, 0.3) is 10.0 Å². The van der Waals surface area contributed by atoms with Crippen molar-refractivity contribution in [3.05, 3.63) is 89.5 Å². The molecule has 1 atom stereocenters. The minimum Gasteiger partial charge on any atom is -0.497 e. The van der Waals surface area contributed by atoms with Crippen LogP contribution >= 0.6 is 0 Å². The first kappa shape index (κ1) is 28.7. The molecule has 0 saturated heterocycles. The fraction of sp³-hybridized carbons (Fsp3) is 0.310. The lowest BCUT2D eigenvalue weighted by atomic mass is 10.1. The third-order valence-corrected chi connectivity index (χ3v) is 8.30. The molecule has 0 heterocycles. The summed E-state index contributed by atoms with van der Waals surface area (Å²) >= 11 is 0. The van der Waals surface area contributed by atoms with E-state index in [4.69, 9.17) is 4.74 Å². The number of carbonyl (C=O) groups is 2.